The minimum atomic E-state index is -0.805. The number of nitrogen functional groups attached to an aromatic ring is 1. The van der Waals surface area contributed by atoms with Crippen LogP contribution in [0.5, 0.6) is 0 Å². The van der Waals surface area contributed by atoms with Gasteiger partial charge in [0.05, 0.1) is 5.56 Å². The highest BCUT2D eigenvalue weighted by atomic mass is 19.1. The monoisotopic (exact) mass is 290 g/mol. The Bertz CT molecular complexity index is 814. The lowest BCUT2D eigenvalue weighted by atomic mass is 10.0. The molecule has 0 aliphatic rings. The summed E-state index contributed by atoms with van der Waals surface area (Å²) in [5.41, 5.74) is 6.47. The number of rotatable bonds is 2. The molecule has 0 saturated heterocycles. The first-order chi connectivity index (χ1) is 10.1. The summed E-state index contributed by atoms with van der Waals surface area (Å²) in [5.74, 6) is -2.06. The van der Waals surface area contributed by atoms with Gasteiger partial charge in [-0.25, -0.2) is 13.2 Å². The van der Waals surface area contributed by atoms with Crippen molar-refractivity contribution in [1.82, 2.24) is 5.16 Å². The second-order valence-corrected chi connectivity index (χ2v) is 4.40. The van der Waals surface area contributed by atoms with Crippen LogP contribution >= 0.6 is 0 Å². The molecular weight excluding hydrogens is 281 g/mol. The zero-order valence-corrected chi connectivity index (χ0v) is 10.6. The third-order valence-corrected chi connectivity index (χ3v) is 3.02. The van der Waals surface area contributed by atoms with Crippen LogP contribution in [0.4, 0.5) is 19.1 Å². The van der Waals surface area contributed by atoms with Gasteiger partial charge in [0.15, 0.2) is 0 Å². The molecule has 1 heterocycles. The molecule has 0 amide bonds. The Hall–Kier alpha value is -2.76. The summed E-state index contributed by atoms with van der Waals surface area (Å²) in [6.07, 6.45) is 0. The lowest BCUT2D eigenvalue weighted by molar-refractivity contribution is 0.439. The van der Waals surface area contributed by atoms with Crippen LogP contribution in [0.2, 0.25) is 0 Å². The van der Waals surface area contributed by atoms with Crippen LogP contribution in [0, 0.1) is 17.5 Å². The maximum atomic E-state index is 13.9. The van der Waals surface area contributed by atoms with E-state index in [-0.39, 0.29) is 22.7 Å². The summed E-state index contributed by atoms with van der Waals surface area (Å²) in [6, 6.07) is 8.64. The molecule has 0 radical (unpaired) electrons. The van der Waals surface area contributed by atoms with E-state index in [1.165, 1.54) is 24.3 Å². The van der Waals surface area contributed by atoms with Crippen molar-refractivity contribution >= 4 is 5.88 Å². The smallest absolute Gasteiger partial charge is 0.230 e. The first-order valence-electron chi connectivity index (χ1n) is 6.03. The molecule has 21 heavy (non-hydrogen) atoms. The molecule has 1 aromatic heterocycles. The summed E-state index contributed by atoms with van der Waals surface area (Å²) in [5, 5.41) is 3.70. The van der Waals surface area contributed by atoms with Crippen LogP contribution in [-0.2, 0) is 0 Å². The Labute approximate surface area is 117 Å². The van der Waals surface area contributed by atoms with Crippen molar-refractivity contribution in [1.29, 1.82) is 0 Å². The van der Waals surface area contributed by atoms with E-state index in [0.717, 1.165) is 12.1 Å². The van der Waals surface area contributed by atoms with Gasteiger partial charge in [0, 0.05) is 11.6 Å². The summed E-state index contributed by atoms with van der Waals surface area (Å²) in [7, 11) is 0. The molecular formula is C15H9F3N2O. The Balaban J connectivity index is 2.22. The molecule has 6 heteroatoms. The average molecular weight is 290 g/mol. The molecule has 106 valence electrons. The van der Waals surface area contributed by atoms with E-state index < -0.39 is 17.5 Å². The zero-order valence-electron chi connectivity index (χ0n) is 10.6. The highest BCUT2D eigenvalue weighted by molar-refractivity contribution is 5.86. The van der Waals surface area contributed by atoms with Gasteiger partial charge < -0.3 is 10.3 Å². The van der Waals surface area contributed by atoms with Gasteiger partial charge in [0.2, 0.25) is 5.88 Å². The van der Waals surface area contributed by atoms with Crippen LogP contribution in [0.15, 0.2) is 47.0 Å². The number of anilines is 1. The van der Waals surface area contributed by atoms with Crippen molar-refractivity contribution in [2.75, 3.05) is 5.73 Å². The minimum Gasteiger partial charge on any atom is -0.367 e. The quantitative estimate of drug-likeness (QED) is 0.776. The van der Waals surface area contributed by atoms with Gasteiger partial charge in [0.25, 0.3) is 0 Å². The van der Waals surface area contributed by atoms with Crippen molar-refractivity contribution < 1.29 is 17.7 Å². The number of hydrogen-bond acceptors (Lipinski definition) is 3. The molecule has 2 N–H and O–H groups in total. The van der Waals surface area contributed by atoms with Gasteiger partial charge in [-0.3, -0.25) is 0 Å². The van der Waals surface area contributed by atoms with E-state index in [1.807, 2.05) is 0 Å². The molecule has 0 aliphatic carbocycles. The summed E-state index contributed by atoms with van der Waals surface area (Å²) in [4.78, 5) is 0. The summed E-state index contributed by atoms with van der Waals surface area (Å²) < 4.78 is 45.1. The number of benzene rings is 2. The van der Waals surface area contributed by atoms with Crippen molar-refractivity contribution in [3.63, 3.8) is 0 Å². The van der Waals surface area contributed by atoms with Gasteiger partial charge in [0.1, 0.15) is 23.1 Å². The first-order valence-corrected chi connectivity index (χ1v) is 6.03. The zero-order chi connectivity index (χ0) is 15.0. The van der Waals surface area contributed by atoms with Crippen LogP contribution in [-0.4, -0.2) is 5.16 Å². The molecule has 0 aliphatic heterocycles. The Morgan fingerprint density at radius 2 is 1.71 bits per heavy atom. The third-order valence-electron chi connectivity index (χ3n) is 3.02. The number of aromatic nitrogens is 1. The molecule has 0 spiro atoms. The highest BCUT2D eigenvalue weighted by Crippen LogP contribution is 2.37. The Morgan fingerprint density at radius 1 is 0.952 bits per heavy atom. The molecule has 3 aromatic rings. The molecule has 2 aromatic carbocycles. The topological polar surface area (TPSA) is 52.0 Å². The number of hydrogen-bond donors (Lipinski definition) is 1. The van der Waals surface area contributed by atoms with Crippen LogP contribution in [0.1, 0.15) is 0 Å². The Kier molecular flexibility index (Phi) is 3.13. The molecule has 0 saturated carbocycles. The fourth-order valence-electron chi connectivity index (χ4n) is 2.09. The molecule has 3 nitrogen and oxygen atoms in total. The van der Waals surface area contributed by atoms with E-state index in [0.29, 0.717) is 5.56 Å². The van der Waals surface area contributed by atoms with Gasteiger partial charge >= 0.3 is 0 Å². The summed E-state index contributed by atoms with van der Waals surface area (Å²) in [6.45, 7) is 0. The summed E-state index contributed by atoms with van der Waals surface area (Å²) >= 11 is 0. The lowest BCUT2D eigenvalue weighted by Crippen LogP contribution is -1.91. The van der Waals surface area contributed by atoms with E-state index in [2.05, 4.69) is 5.16 Å². The van der Waals surface area contributed by atoms with E-state index in [9.17, 15) is 13.2 Å². The first kappa shape index (κ1) is 13.2. The van der Waals surface area contributed by atoms with E-state index in [4.69, 9.17) is 10.3 Å². The molecule has 3 rings (SSSR count). The van der Waals surface area contributed by atoms with Gasteiger partial charge in [-0.2, -0.15) is 0 Å². The fourth-order valence-corrected chi connectivity index (χ4v) is 2.09. The second-order valence-electron chi connectivity index (χ2n) is 4.40. The number of nitrogens with zero attached hydrogens (tertiary/aromatic N) is 1. The second kappa shape index (κ2) is 4.97. The van der Waals surface area contributed by atoms with Crippen LogP contribution in [0.25, 0.3) is 22.4 Å². The molecule has 0 fully saturated rings. The van der Waals surface area contributed by atoms with Gasteiger partial charge in [-0.05, 0) is 29.8 Å². The minimum absolute atomic E-state index is 0.0242. The third kappa shape index (κ3) is 2.35. The van der Waals surface area contributed by atoms with Crippen molar-refractivity contribution in [2.24, 2.45) is 0 Å². The van der Waals surface area contributed by atoms with Crippen LogP contribution < -0.4 is 5.73 Å². The van der Waals surface area contributed by atoms with Crippen molar-refractivity contribution in [3.8, 4) is 22.4 Å². The standard InChI is InChI=1S/C15H9F3N2O/c16-9-3-1-2-8(6-9)13-14(20-21-15(13)19)11-5-4-10(17)7-12(11)18/h1-7H,19H2. The van der Waals surface area contributed by atoms with E-state index >= 15 is 0 Å². The highest BCUT2D eigenvalue weighted by Gasteiger charge is 2.20. The Morgan fingerprint density at radius 3 is 2.43 bits per heavy atom. The predicted molar refractivity (Wildman–Crippen MR) is 71.7 cm³/mol. The maximum absolute atomic E-state index is 13.9. The van der Waals surface area contributed by atoms with Gasteiger partial charge in [-0.1, -0.05) is 17.3 Å². The molecule has 0 bridgehead atoms. The maximum Gasteiger partial charge on any atom is 0.230 e. The van der Waals surface area contributed by atoms with Crippen LogP contribution in [0.3, 0.4) is 0 Å². The normalized spacial score (nSPS) is 10.8. The largest absolute Gasteiger partial charge is 0.367 e. The van der Waals surface area contributed by atoms with Crippen molar-refractivity contribution in [3.05, 3.63) is 59.9 Å². The SMILES string of the molecule is Nc1onc(-c2ccc(F)cc2F)c1-c1cccc(F)c1. The molecule has 0 atom stereocenters. The average Bonchev–Trinajstić information content (AvgIpc) is 2.80. The number of halogens is 3. The van der Waals surface area contributed by atoms with Crippen molar-refractivity contribution in [2.45, 2.75) is 0 Å². The van der Waals surface area contributed by atoms with E-state index in [1.54, 1.807) is 6.07 Å². The lowest BCUT2D eigenvalue weighted by Gasteiger charge is -2.04. The van der Waals surface area contributed by atoms with Gasteiger partial charge in [-0.15, -0.1) is 0 Å². The predicted octanol–water partition coefficient (Wildman–Crippen LogP) is 4.01. The fraction of sp³-hybridized carbons (Fsp3) is 0. The number of nitrogens with two attached hydrogens (primary N) is 1. The molecule has 0 unspecified atom stereocenters.